The van der Waals surface area contributed by atoms with Crippen molar-refractivity contribution in [1.82, 2.24) is 5.32 Å². The molecule has 1 heterocycles. The van der Waals surface area contributed by atoms with Crippen molar-refractivity contribution in [1.29, 1.82) is 0 Å². The third-order valence-corrected chi connectivity index (χ3v) is 2.84. The average molecular weight is 225 g/mol. The van der Waals surface area contributed by atoms with Crippen molar-refractivity contribution in [3.8, 4) is 0 Å². The normalized spacial score (nSPS) is 13.0. The number of aliphatic hydroxyl groups is 1. The Hall–Kier alpha value is -1.13. The number of carbonyl (C=O) groups is 1. The molecule has 0 fully saturated rings. The van der Waals surface area contributed by atoms with E-state index in [0.717, 1.165) is 4.88 Å². The molecule has 1 unspecified atom stereocenters. The van der Waals surface area contributed by atoms with Gasteiger partial charge in [-0.2, -0.15) is 0 Å². The first kappa shape index (κ1) is 11.9. The summed E-state index contributed by atoms with van der Waals surface area (Å²) < 4.78 is 0. The van der Waals surface area contributed by atoms with Gasteiger partial charge in [0.15, 0.2) is 0 Å². The van der Waals surface area contributed by atoms with Gasteiger partial charge < -0.3 is 10.4 Å². The third kappa shape index (κ3) is 4.27. The lowest BCUT2D eigenvalue weighted by Crippen LogP contribution is -2.28. The molecule has 1 rings (SSSR count). The summed E-state index contributed by atoms with van der Waals surface area (Å²) in [5.41, 5.74) is 1.17. The minimum atomic E-state index is -0.508. The molecule has 0 aliphatic rings. The minimum Gasteiger partial charge on any atom is -0.392 e. The fourth-order valence-electron chi connectivity index (χ4n) is 1.01. The third-order valence-electron chi connectivity index (χ3n) is 1.86. The van der Waals surface area contributed by atoms with E-state index in [9.17, 15) is 4.79 Å². The molecule has 0 bridgehead atoms. The van der Waals surface area contributed by atoms with E-state index in [4.69, 9.17) is 5.11 Å². The van der Waals surface area contributed by atoms with Crippen molar-refractivity contribution < 1.29 is 9.90 Å². The van der Waals surface area contributed by atoms with E-state index in [2.05, 4.69) is 5.32 Å². The highest BCUT2D eigenvalue weighted by Gasteiger charge is 1.99. The maximum absolute atomic E-state index is 11.2. The van der Waals surface area contributed by atoms with E-state index >= 15 is 0 Å². The van der Waals surface area contributed by atoms with Crippen LogP contribution in [0.3, 0.4) is 0 Å². The predicted octanol–water partition coefficient (Wildman–Crippen LogP) is 1.57. The van der Waals surface area contributed by atoms with Crippen LogP contribution in [0.25, 0.3) is 6.08 Å². The van der Waals surface area contributed by atoms with Gasteiger partial charge in [-0.25, -0.2) is 0 Å². The topological polar surface area (TPSA) is 49.3 Å². The van der Waals surface area contributed by atoms with Crippen LogP contribution in [0.5, 0.6) is 0 Å². The molecular formula is C11H15NO2S. The first-order chi connectivity index (χ1) is 7.09. The van der Waals surface area contributed by atoms with Crippen molar-refractivity contribution in [2.24, 2.45) is 0 Å². The SMILES string of the molecule is Cc1ccsc1/C=C/C(=O)NCC(C)O. The number of rotatable bonds is 4. The van der Waals surface area contributed by atoms with Crippen molar-refractivity contribution in [2.45, 2.75) is 20.0 Å². The summed E-state index contributed by atoms with van der Waals surface area (Å²) in [6.45, 7) is 3.92. The Morgan fingerprint density at radius 2 is 2.47 bits per heavy atom. The van der Waals surface area contributed by atoms with Gasteiger partial charge in [-0.15, -0.1) is 11.3 Å². The van der Waals surface area contributed by atoms with Crippen LogP contribution in [0.15, 0.2) is 17.5 Å². The molecule has 1 aromatic heterocycles. The lowest BCUT2D eigenvalue weighted by atomic mass is 10.3. The fraction of sp³-hybridized carbons (Fsp3) is 0.364. The average Bonchev–Trinajstić information content (AvgIpc) is 2.58. The van der Waals surface area contributed by atoms with Crippen LogP contribution in [-0.4, -0.2) is 23.7 Å². The highest BCUT2D eigenvalue weighted by atomic mass is 32.1. The molecule has 0 aliphatic heterocycles. The van der Waals surface area contributed by atoms with Gasteiger partial charge in [0, 0.05) is 17.5 Å². The zero-order valence-corrected chi connectivity index (χ0v) is 9.67. The maximum atomic E-state index is 11.2. The van der Waals surface area contributed by atoms with Gasteiger partial charge in [0.05, 0.1) is 6.10 Å². The molecule has 1 aromatic rings. The van der Waals surface area contributed by atoms with Gasteiger partial charge in [-0.3, -0.25) is 4.79 Å². The van der Waals surface area contributed by atoms with Crippen molar-refractivity contribution in [3.63, 3.8) is 0 Å². The summed E-state index contributed by atoms with van der Waals surface area (Å²) in [6.07, 6.45) is 2.77. The fourth-order valence-corrected chi connectivity index (χ4v) is 1.83. The molecule has 0 aromatic carbocycles. The van der Waals surface area contributed by atoms with Crippen LogP contribution in [0, 0.1) is 6.92 Å². The number of aliphatic hydroxyl groups excluding tert-OH is 1. The van der Waals surface area contributed by atoms with E-state index in [-0.39, 0.29) is 12.5 Å². The van der Waals surface area contributed by atoms with Crippen LogP contribution in [0.1, 0.15) is 17.4 Å². The second-order valence-electron chi connectivity index (χ2n) is 3.40. The number of hydrogen-bond donors (Lipinski definition) is 2. The van der Waals surface area contributed by atoms with Gasteiger partial charge >= 0.3 is 0 Å². The van der Waals surface area contributed by atoms with Crippen molar-refractivity contribution in [3.05, 3.63) is 28.0 Å². The highest BCUT2D eigenvalue weighted by molar-refractivity contribution is 7.11. The van der Waals surface area contributed by atoms with Crippen LogP contribution >= 0.6 is 11.3 Å². The Kier molecular flexibility index (Phi) is 4.52. The summed E-state index contributed by atoms with van der Waals surface area (Å²) >= 11 is 1.60. The summed E-state index contributed by atoms with van der Waals surface area (Å²) in [4.78, 5) is 12.3. The molecule has 1 atom stereocenters. The number of aryl methyl sites for hydroxylation is 1. The number of carbonyl (C=O) groups excluding carboxylic acids is 1. The Morgan fingerprint density at radius 1 is 1.73 bits per heavy atom. The van der Waals surface area contributed by atoms with Gasteiger partial charge in [0.25, 0.3) is 0 Å². The van der Waals surface area contributed by atoms with E-state index in [1.54, 1.807) is 24.3 Å². The van der Waals surface area contributed by atoms with Crippen LogP contribution in [-0.2, 0) is 4.79 Å². The van der Waals surface area contributed by atoms with Crippen LogP contribution in [0.4, 0.5) is 0 Å². The van der Waals surface area contributed by atoms with Gasteiger partial charge in [0.1, 0.15) is 0 Å². The number of nitrogens with one attached hydrogen (secondary N) is 1. The first-order valence-corrected chi connectivity index (χ1v) is 5.65. The monoisotopic (exact) mass is 225 g/mol. The molecule has 2 N–H and O–H groups in total. The van der Waals surface area contributed by atoms with E-state index < -0.39 is 6.10 Å². The molecule has 0 aliphatic carbocycles. The minimum absolute atomic E-state index is 0.177. The molecule has 0 radical (unpaired) electrons. The lowest BCUT2D eigenvalue weighted by molar-refractivity contribution is -0.116. The first-order valence-electron chi connectivity index (χ1n) is 4.77. The highest BCUT2D eigenvalue weighted by Crippen LogP contribution is 2.16. The van der Waals surface area contributed by atoms with Crippen molar-refractivity contribution in [2.75, 3.05) is 6.54 Å². The summed E-state index contributed by atoms with van der Waals surface area (Å²) in [6, 6.07) is 2.01. The Labute approximate surface area is 93.4 Å². The zero-order valence-electron chi connectivity index (χ0n) is 8.86. The number of amides is 1. The van der Waals surface area contributed by atoms with Gasteiger partial charge in [-0.1, -0.05) is 0 Å². The predicted molar refractivity (Wildman–Crippen MR) is 62.8 cm³/mol. The van der Waals surface area contributed by atoms with Gasteiger partial charge in [-0.05, 0) is 36.9 Å². The molecular weight excluding hydrogens is 210 g/mol. The van der Waals surface area contributed by atoms with Crippen LogP contribution in [0.2, 0.25) is 0 Å². The standard InChI is InChI=1S/C11H15NO2S/c1-8-5-6-15-10(8)3-4-11(14)12-7-9(2)13/h3-6,9,13H,7H2,1-2H3,(H,12,14)/b4-3+. The molecule has 3 nitrogen and oxygen atoms in total. The molecule has 0 spiro atoms. The molecule has 4 heteroatoms. The van der Waals surface area contributed by atoms with E-state index in [0.29, 0.717) is 0 Å². The second kappa shape index (κ2) is 5.68. The Morgan fingerprint density at radius 3 is 3.00 bits per heavy atom. The molecule has 15 heavy (non-hydrogen) atoms. The largest absolute Gasteiger partial charge is 0.392 e. The lowest BCUT2D eigenvalue weighted by Gasteiger charge is -2.03. The summed E-state index contributed by atoms with van der Waals surface area (Å²) in [7, 11) is 0. The summed E-state index contributed by atoms with van der Waals surface area (Å²) in [5.74, 6) is -0.177. The zero-order chi connectivity index (χ0) is 11.3. The Balaban J connectivity index is 2.44. The summed E-state index contributed by atoms with van der Waals surface area (Å²) in [5, 5.41) is 13.5. The second-order valence-corrected chi connectivity index (χ2v) is 4.34. The van der Waals surface area contributed by atoms with E-state index in [1.165, 1.54) is 11.6 Å². The number of thiophene rings is 1. The molecule has 1 amide bonds. The Bertz CT molecular complexity index is 355. The van der Waals surface area contributed by atoms with E-state index in [1.807, 2.05) is 18.4 Å². The quantitative estimate of drug-likeness (QED) is 0.764. The van der Waals surface area contributed by atoms with Crippen LogP contribution < -0.4 is 5.32 Å². The molecule has 0 saturated carbocycles. The maximum Gasteiger partial charge on any atom is 0.244 e. The molecule has 82 valence electrons. The van der Waals surface area contributed by atoms with Gasteiger partial charge in [0.2, 0.25) is 5.91 Å². The number of hydrogen-bond acceptors (Lipinski definition) is 3. The molecule has 0 saturated heterocycles. The van der Waals surface area contributed by atoms with Crippen molar-refractivity contribution >= 4 is 23.3 Å². The smallest absolute Gasteiger partial charge is 0.244 e.